The summed E-state index contributed by atoms with van der Waals surface area (Å²) in [7, 11) is -1.92. The van der Waals surface area contributed by atoms with Gasteiger partial charge < -0.3 is 5.11 Å². The Morgan fingerprint density at radius 3 is 2.24 bits per heavy atom. The summed E-state index contributed by atoms with van der Waals surface area (Å²) in [5.74, 6) is 0.434. The van der Waals surface area contributed by atoms with E-state index in [0.717, 1.165) is 17.5 Å². The molecule has 0 saturated heterocycles. The number of benzene rings is 1. The van der Waals surface area contributed by atoms with Gasteiger partial charge in [0.05, 0.1) is 11.5 Å². The molecule has 0 spiro atoms. The van der Waals surface area contributed by atoms with E-state index in [2.05, 4.69) is 13.8 Å². The summed E-state index contributed by atoms with van der Waals surface area (Å²) in [6.45, 7) is 9.61. The molecule has 0 fully saturated rings. The summed E-state index contributed by atoms with van der Waals surface area (Å²) in [5, 5.41) is 9.30. The van der Waals surface area contributed by atoms with Crippen molar-refractivity contribution in [2.75, 3.05) is 7.05 Å². The van der Waals surface area contributed by atoms with Gasteiger partial charge in [0.2, 0.25) is 10.0 Å². The average molecular weight is 313 g/mol. The van der Waals surface area contributed by atoms with Crippen LogP contribution in [0.25, 0.3) is 0 Å². The molecule has 120 valence electrons. The number of hydrogen-bond donors (Lipinski definition) is 1. The van der Waals surface area contributed by atoms with Gasteiger partial charge in [0.25, 0.3) is 0 Å². The fourth-order valence-corrected chi connectivity index (χ4v) is 4.20. The van der Waals surface area contributed by atoms with Gasteiger partial charge in [-0.1, -0.05) is 19.9 Å². The number of rotatable bonds is 6. The molecule has 0 bridgehead atoms. The number of hydrogen-bond acceptors (Lipinski definition) is 3. The lowest BCUT2D eigenvalue weighted by Gasteiger charge is -2.27. The fraction of sp³-hybridized carbons (Fsp3) is 0.625. The van der Waals surface area contributed by atoms with Crippen LogP contribution in [0.15, 0.2) is 17.0 Å². The highest BCUT2D eigenvalue weighted by Gasteiger charge is 2.28. The molecule has 1 N–H and O–H groups in total. The van der Waals surface area contributed by atoms with Gasteiger partial charge in [-0.2, -0.15) is 4.31 Å². The van der Waals surface area contributed by atoms with Gasteiger partial charge in [-0.05, 0) is 55.9 Å². The minimum Gasteiger partial charge on any atom is -0.392 e. The maximum atomic E-state index is 12.8. The average Bonchev–Trinajstić information content (AvgIpc) is 2.39. The molecule has 0 amide bonds. The highest BCUT2D eigenvalue weighted by Crippen LogP contribution is 2.26. The van der Waals surface area contributed by atoms with Gasteiger partial charge in [-0.3, -0.25) is 0 Å². The van der Waals surface area contributed by atoms with Crippen LogP contribution in [0.3, 0.4) is 0 Å². The smallest absolute Gasteiger partial charge is 0.243 e. The van der Waals surface area contributed by atoms with E-state index in [9.17, 15) is 13.5 Å². The van der Waals surface area contributed by atoms with Crippen molar-refractivity contribution in [1.82, 2.24) is 4.31 Å². The lowest BCUT2D eigenvalue weighted by atomic mass is 10.1. The molecule has 4 nitrogen and oxygen atoms in total. The molecular formula is C16H27NO3S. The normalized spacial score (nSPS) is 14.0. The summed E-state index contributed by atoms with van der Waals surface area (Å²) in [4.78, 5) is 0.296. The maximum absolute atomic E-state index is 12.8. The molecule has 0 aromatic heterocycles. The highest BCUT2D eigenvalue weighted by atomic mass is 32.2. The summed E-state index contributed by atoms with van der Waals surface area (Å²) in [6.07, 6.45) is 0.813. The Balaban J connectivity index is 3.27. The van der Waals surface area contributed by atoms with Crippen molar-refractivity contribution in [3.05, 3.63) is 28.8 Å². The largest absolute Gasteiger partial charge is 0.392 e. The van der Waals surface area contributed by atoms with Crippen LogP contribution in [0, 0.1) is 19.8 Å². The first-order chi connectivity index (χ1) is 9.61. The molecule has 0 radical (unpaired) electrons. The topological polar surface area (TPSA) is 57.6 Å². The van der Waals surface area contributed by atoms with Crippen molar-refractivity contribution in [2.45, 2.75) is 58.6 Å². The molecule has 5 heteroatoms. The molecule has 1 aromatic rings. The van der Waals surface area contributed by atoms with E-state index in [-0.39, 0.29) is 12.6 Å². The standard InChI is InChI=1S/C16H27NO3S/c1-11(2)7-13(4)17(6)21(19,20)16-9-15(10-18)8-12(3)14(16)5/h8-9,11,13,18H,7,10H2,1-6H3. The number of aryl methyl sites for hydroxylation is 1. The van der Waals surface area contributed by atoms with Crippen molar-refractivity contribution >= 4 is 10.0 Å². The third-order valence-electron chi connectivity index (χ3n) is 3.95. The summed E-state index contributed by atoms with van der Waals surface area (Å²) in [5.41, 5.74) is 2.25. The van der Waals surface area contributed by atoms with Crippen molar-refractivity contribution in [3.8, 4) is 0 Å². The van der Waals surface area contributed by atoms with E-state index in [1.54, 1.807) is 13.1 Å². The van der Waals surface area contributed by atoms with Crippen molar-refractivity contribution in [3.63, 3.8) is 0 Å². The van der Waals surface area contributed by atoms with Crippen LogP contribution in [0.2, 0.25) is 0 Å². The van der Waals surface area contributed by atoms with Crippen LogP contribution in [0.4, 0.5) is 0 Å². The second kappa shape index (κ2) is 6.90. The number of nitrogens with zero attached hydrogens (tertiary/aromatic N) is 1. The van der Waals surface area contributed by atoms with Crippen molar-refractivity contribution in [2.24, 2.45) is 5.92 Å². The lowest BCUT2D eigenvalue weighted by molar-refractivity contribution is 0.281. The van der Waals surface area contributed by atoms with Crippen LogP contribution < -0.4 is 0 Å². The monoisotopic (exact) mass is 313 g/mol. The zero-order valence-electron chi connectivity index (χ0n) is 13.8. The minimum absolute atomic E-state index is 0.0625. The minimum atomic E-state index is -3.55. The molecule has 0 aliphatic heterocycles. The van der Waals surface area contributed by atoms with Gasteiger partial charge in [-0.25, -0.2) is 8.42 Å². The first-order valence-corrected chi connectivity index (χ1v) is 8.74. The van der Waals surface area contributed by atoms with Crippen molar-refractivity contribution in [1.29, 1.82) is 0 Å². The molecule has 0 aliphatic rings. The first-order valence-electron chi connectivity index (χ1n) is 7.30. The third kappa shape index (κ3) is 4.05. The van der Waals surface area contributed by atoms with E-state index < -0.39 is 10.0 Å². The lowest BCUT2D eigenvalue weighted by Crippen LogP contribution is -2.36. The predicted molar refractivity (Wildman–Crippen MR) is 85.7 cm³/mol. The number of sulfonamides is 1. The molecule has 1 unspecified atom stereocenters. The van der Waals surface area contributed by atoms with E-state index in [1.165, 1.54) is 4.31 Å². The van der Waals surface area contributed by atoms with Gasteiger partial charge in [0, 0.05) is 13.1 Å². The van der Waals surface area contributed by atoms with Gasteiger partial charge >= 0.3 is 0 Å². The Hall–Kier alpha value is -0.910. The predicted octanol–water partition coefficient (Wildman–Crippen LogP) is 2.85. The second-order valence-electron chi connectivity index (χ2n) is 6.19. The Morgan fingerprint density at radius 1 is 1.19 bits per heavy atom. The van der Waals surface area contributed by atoms with Crippen LogP contribution in [-0.2, 0) is 16.6 Å². The molecule has 0 saturated carbocycles. The van der Waals surface area contributed by atoms with Crippen LogP contribution in [-0.4, -0.2) is 30.9 Å². The zero-order chi connectivity index (χ0) is 16.4. The van der Waals surface area contributed by atoms with Crippen LogP contribution >= 0.6 is 0 Å². The molecule has 0 heterocycles. The van der Waals surface area contributed by atoms with E-state index in [4.69, 9.17) is 0 Å². The van der Waals surface area contributed by atoms with Crippen molar-refractivity contribution < 1.29 is 13.5 Å². The molecular weight excluding hydrogens is 286 g/mol. The quantitative estimate of drug-likeness (QED) is 0.878. The zero-order valence-corrected chi connectivity index (χ0v) is 14.7. The van der Waals surface area contributed by atoms with Gasteiger partial charge in [0.1, 0.15) is 0 Å². The Labute approximate surface area is 128 Å². The third-order valence-corrected chi connectivity index (χ3v) is 6.05. The van der Waals surface area contributed by atoms with E-state index in [1.807, 2.05) is 26.8 Å². The van der Waals surface area contributed by atoms with E-state index >= 15 is 0 Å². The van der Waals surface area contributed by atoms with Gasteiger partial charge in [-0.15, -0.1) is 0 Å². The first kappa shape index (κ1) is 18.1. The summed E-state index contributed by atoms with van der Waals surface area (Å²) in [6, 6.07) is 3.34. The second-order valence-corrected chi connectivity index (χ2v) is 8.16. The molecule has 1 atom stereocenters. The summed E-state index contributed by atoms with van der Waals surface area (Å²) < 4.78 is 27.1. The Bertz CT molecular complexity index is 594. The number of aliphatic hydroxyl groups is 1. The SMILES string of the molecule is Cc1cc(CO)cc(S(=O)(=O)N(C)C(C)CC(C)C)c1C. The van der Waals surface area contributed by atoms with Crippen LogP contribution in [0.5, 0.6) is 0 Å². The highest BCUT2D eigenvalue weighted by molar-refractivity contribution is 7.89. The molecule has 21 heavy (non-hydrogen) atoms. The van der Waals surface area contributed by atoms with E-state index in [0.29, 0.717) is 16.4 Å². The summed E-state index contributed by atoms with van der Waals surface area (Å²) >= 11 is 0. The van der Waals surface area contributed by atoms with Crippen LogP contribution in [0.1, 0.15) is 43.9 Å². The molecule has 0 aliphatic carbocycles. The van der Waals surface area contributed by atoms with Gasteiger partial charge in [0.15, 0.2) is 0 Å². The molecule has 1 aromatic carbocycles. The fourth-order valence-electron chi connectivity index (χ4n) is 2.48. The Morgan fingerprint density at radius 2 is 1.76 bits per heavy atom. The molecule has 1 rings (SSSR count). The Kier molecular flexibility index (Phi) is 5.96. The maximum Gasteiger partial charge on any atom is 0.243 e. The number of aliphatic hydroxyl groups excluding tert-OH is 1.